The Morgan fingerprint density at radius 2 is 2.25 bits per heavy atom. The lowest BCUT2D eigenvalue weighted by Crippen LogP contribution is -1.90. The monoisotopic (exact) mass is 132 g/mol. The van der Waals surface area contributed by atoms with E-state index < -0.39 is 5.95 Å². The van der Waals surface area contributed by atoms with Gasteiger partial charge in [0.15, 0.2) is 5.15 Å². The van der Waals surface area contributed by atoms with Gasteiger partial charge in [-0.25, -0.2) is 0 Å². The summed E-state index contributed by atoms with van der Waals surface area (Å²) in [6, 6.07) is 1.98. The SMILES string of the molecule is Fc1[c]c(Cl)nnn1. The van der Waals surface area contributed by atoms with Crippen molar-refractivity contribution in [1.29, 1.82) is 0 Å². The fourth-order valence-electron chi connectivity index (χ4n) is 0.236. The summed E-state index contributed by atoms with van der Waals surface area (Å²) in [5.74, 6) is -0.843. The Morgan fingerprint density at radius 1 is 1.50 bits per heavy atom. The molecule has 1 radical (unpaired) electrons. The van der Waals surface area contributed by atoms with Gasteiger partial charge >= 0.3 is 0 Å². The maximum Gasteiger partial charge on any atom is 0.246 e. The van der Waals surface area contributed by atoms with Gasteiger partial charge in [-0.15, -0.1) is 5.10 Å². The molecule has 41 valence electrons. The van der Waals surface area contributed by atoms with Crippen LogP contribution in [0.5, 0.6) is 0 Å². The first-order valence-corrected chi connectivity index (χ1v) is 2.10. The molecule has 1 rings (SSSR count). The smallest absolute Gasteiger partial charge is 0.182 e. The fourth-order valence-corrected chi connectivity index (χ4v) is 0.348. The largest absolute Gasteiger partial charge is 0.246 e. The Balaban J connectivity index is 3.08. The Hall–Kier alpha value is -0.770. The van der Waals surface area contributed by atoms with E-state index >= 15 is 0 Å². The van der Waals surface area contributed by atoms with Gasteiger partial charge < -0.3 is 0 Å². The molecule has 8 heavy (non-hydrogen) atoms. The first-order chi connectivity index (χ1) is 3.79. The van der Waals surface area contributed by atoms with Crippen molar-refractivity contribution in [2.45, 2.75) is 0 Å². The molecule has 0 saturated heterocycles. The molecule has 0 aliphatic rings. The van der Waals surface area contributed by atoms with Crippen molar-refractivity contribution in [1.82, 2.24) is 15.4 Å². The van der Waals surface area contributed by atoms with Crippen molar-refractivity contribution in [3.05, 3.63) is 17.2 Å². The number of hydrogen-bond donors (Lipinski definition) is 0. The number of nitrogens with zero attached hydrogens (tertiary/aromatic N) is 3. The Labute approximate surface area is 49.5 Å². The van der Waals surface area contributed by atoms with Crippen LogP contribution in [0.4, 0.5) is 4.39 Å². The van der Waals surface area contributed by atoms with Gasteiger partial charge in [0.25, 0.3) is 0 Å². The third-order valence-corrected chi connectivity index (χ3v) is 0.641. The maximum atomic E-state index is 11.8. The second-order valence-electron chi connectivity index (χ2n) is 0.996. The van der Waals surface area contributed by atoms with E-state index in [0.717, 1.165) is 0 Å². The molecule has 0 unspecified atom stereocenters. The van der Waals surface area contributed by atoms with Crippen LogP contribution in [-0.2, 0) is 0 Å². The molecule has 0 spiro atoms. The topological polar surface area (TPSA) is 38.7 Å². The molecule has 0 aliphatic carbocycles. The zero-order valence-corrected chi connectivity index (χ0v) is 4.35. The van der Waals surface area contributed by atoms with Crippen molar-refractivity contribution in [3.8, 4) is 0 Å². The molecule has 0 amide bonds. The molecule has 0 fully saturated rings. The summed E-state index contributed by atoms with van der Waals surface area (Å²) in [5, 5.41) is 8.85. The minimum absolute atomic E-state index is 0.113. The van der Waals surface area contributed by atoms with Crippen LogP contribution in [0.25, 0.3) is 0 Å². The second kappa shape index (κ2) is 2.00. The highest BCUT2D eigenvalue weighted by Crippen LogP contribution is 1.98. The lowest BCUT2D eigenvalue weighted by molar-refractivity contribution is 0.546. The molecule has 0 saturated carbocycles. The minimum atomic E-state index is -0.843. The van der Waals surface area contributed by atoms with Gasteiger partial charge in [-0.3, -0.25) is 0 Å². The Morgan fingerprint density at radius 3 is 2.62 bits per heavy atom. The lowest BCUT2D eigenvalue weighted by Gasteiger charge is -1.80. The summed E-state index contributed by atoms with van der Waals surface area (Å²) in [4.78, 5) is 0. The highest BCUT2D eigenvalue weighted by atomic mass is 35.5. The average molecular weight is 133 g/mol. The van der Waals surface area contributed by atoms with Gasteiger partial charge in [0.2, 0.25) is 5.95 Å². The highest BCUT2D eigenvalue weighted by Gasteiger charge is 1.92. The normalized spacial score (nSPS) is 9.25. The molecule has 1 aromatic heterocycles. The van der Waals surface area contributed by atoms with Crippen molar-refractivity contribution < 1.29 is 4.39 Å². The molecule has 0 aromatic carbocycles. The molecule has 0 N–H and O–H groups in total. The summed E-state index contributed by atoms with van der Waals surface area (Å²) < 4.78 is 11.8. The molecule has 0 aliphatic heterocycles. The van der Waals surface area contributed by atoms with Crippen LogP contribution in [0.1, 0.15) is 0 Å². The predicted molar refractivity (Wildman–Crippen MR) is 23.6 cm³/mol. The number of rotatable bonds is 0. The van der Waals surface area contributed by atoms with E-state index in [1.807, 2.05) is 6.07 Å². The van der Waals surface area contributed by atoms with Gasteiger partial charge in [-0.1, -0.05) is 16.7 Å². The first kappa shape index (κ1) is 5.37. The van der Waals surface area contributed by atoms with Crippen molar-refractivity contribution in [2.24, 2.45) is 0 Å². The average Bonchev–Trinajstić information content (AvgIpc) is 1.64. The lowest BCUT2D eigenvalue weighted by atomic mass is 10.7. The zero-order chi connectivity index (χ0) is 5.98. The van der Waals surface area contributed by atoms with E-state index in [4.69, 9.17) is 11.6 Å². The van der Waals surface area contributed by atoms with Gasteiger partial charge in [-0.2, -0.15) is 4.39 Å². The summed E-state index contributed by atoms with van der Waals surface area (Å²) in [6.45, 7) is 0. The van der Waals surface area contributed by atoms with Crippen LogP contribution >= 0.6 is 11.6 Å². The van der Waals surface area contributed by atoms with Crippen molar-refractivity contribution in [3.63, 3.8) is 0 Å². The van der Waals surface area contributed by atoms with Gasteiger partial charge in [0.1, 0.15) is 0 Å². The van der Waals surface area contributed by atoms with Gasteiger partial charge in [0.05, 0.1) is 6.07 Å². The van der Waals surface area contributed by atoms with E-state index in [1.54, 1.807) is 0 Å². The van der Waals surface area contributed by atoms with E-state index in [1.165, 1.54) is 0 Å². The molecule has 3 nitrogen and oxygen atoms in total. The van der Waals surface area contributed by atoms with Crippen LogP contribution in [0.15, 0.2) is 0 Å². The summed E-state index contributed by atoms with van der Waals surface area (Å²) in [7, 11) is 0. The zero-order valence-electron chi connectivity index (χ0n) is 3.60. The van der Waals surface area contributed by atoms with Gasteiger partial charge in [0, 0.05) is 0 Å². The number of hydrogen-bond acceptors (Lipinski definition) is 3. The molecular weight excluding hydrogens is 133 g/mol. The molecule has 1 heterocycles. The Kier molecular flexibility index (Phi) is 1.34. The highest BCUT2D eigenvalue weighted by molar-refractivity contribution is 6.29. The maximum absolute atomic E-state index is 11.8. The molecule has 0 bridgehead atoms. The Bertz CT molecular complexity index is 174. The summed E-state index contributed by atoms with van der Waals surface area (Å²) in [5.41, 5.74) is 0. The van der Waals surface area contributed by atoms with E-state index in [0.29, 0.717) is 0 Å². The number of halogens is 2. The van der Waals surface area contributed by atoms with Crippen LogP contribution in [0.2, 0.25) is 5.15 Å². The second-order valence-corrected chi connectivity index (χ2v) is 1.35. The summed E-state index contributed by atoms with van der Waals surface area (Å²) >= 11 is 5.14. The van der Waals surface area contributed by atoms with E-state index in [-0.39, 0.29) is 5.15 Å². The number of aromatic nitrogens is 3. The van der Waals surface area contributed by atoms with Crippen LogP contribution in [0.3, 0.4) is 0 Å². The van der Waals surface area contributed by atoms with Crippen molar-refractivity contribution in [2.75, 3.05) is 0 Å². The molecule has 5 heteroatoms. The van der Waals surface area contributed by atoms with Crippen LogP contribution in [-0.4, -0.2) is 15.4 Å². The van der Waals surface area contributed by atoms with Gasteiger partial charge in [-0.05, 0) is 5.21 Å². The quantitative estimate of drug-likeness (QED) is 0.515. The van der Waals surface area contributed by atoms with Crippen LogP contribution in [0, 0.1) is 12.0 Å². The fraction of sp³-hybridized carbons (Fsp3) is 0. The standard InChI is InChI=1S/C3ClFN3/c4-2-1-3(5)7-8-6-2. The molecule has 1 aromatic rings. The molecular formula is C3ClFN3. The third-order valence-electron chi connectivity index (χ3n) is 0.471. The predicted octanol–water partition coefficient (Wildman–Crippen LogP) is 0.464. The summed E-state index contributed by atoms with van der Waals surface area (Å²) in [6.07, 6.45) is 0. The third kappa shape index (κ3) is 1.10. The van der Waals surface area contributed by atoms with Crippen molar-refractivity contribution >= 4 is 11.6 Å². The minimum Gasteiger partial charge on any atom is -0.182 e. The van der Waals surface area contributed by atoms with Crippen LogP contribution < -0.4 is 0 Å². The molecule has 0 atom stereocenters. The van der Waals surface area contributed by atoms with E-state index in [9.17, 15) is 4.39 Å². The first-order valence-electron chi connectivity index (χ1n) is 1.73. The van der Waals surface area contributed by atoms with E-state index in [2.05, 4.69) is 15.4 Å².